The largest absolute Gasteiger partial charge is 0.495 e. The van der Waals surface area contributed by atoms with Crippen LogP contribution in [0.25, 0.3) is 11.3 Å². The van der Waals surface area contributed by atoms with E-state index in [0.717, 1.165) is 11.6 Å². The maximum absolute atomic E-state index is 13.2. The van der Waals surface area contributed by atoms with Gasteiger partial charge in [0.2, 0.25) is 5.91 Å². The second-order valence-electron chi connectivity index (χ2n) is 6.72. The number of halogens is 1. The Kier molecular flexibility index (Phi) is 6.21. The molecule has 1 N–H and O–H groups in total. The normalized spacial score (nSPS) is 11.3. The summed E-state index contributed by atoms with van der Waals surface area (Å²) in [5, 5.41) is 6.38. The number of hydrogen-bond acceptors (Lipinski definition) is 6. The molecule has 7 nitrogen and oxygen atoms in total. The molecule has 0 aliphatic heterocycles. The Morgan fingerprint density at radius 3 is 2.60 bits per heavy atom. The first-order chi connectivity index (χ1) is 14.2. The number of nitrogens with zero attached hydrogens (tertiary/aromatic N) is 1. The summed E-state index contributed by atoms with van der Waals surface area (Å²) in [6.45, 7) is 3.62. The van der Waals surface area contributed by atoms with E-state index in [2.05, 4.69) is 10.5 Å². The number of aryl methyl sites for hydroxylation is 1. The first-order valence-corrected chi connectivity index (χ1v) is 10.8. The number of benzene rings is 2. The molecule has 158 valence electrons. The third-order valence-electron chi connectivity index (χ3n) is 4.62. The summed E-state index contributed by atoms with van der Waals surface area (Å²) in [6.07, 6.45) is -0.299. The zero-order valence-corrected chi connectivity index (χ0v) is 17.5. The minimum absolute atomic E-state index is 0.0468. The smallest absolute Gasteiger partial charge is 0.225 e. The number of nitrogens with one attached hydrogen (secondary N) is 1. The second kappa shape index (κ2) is 8.66. The molecule has 1 aromatic heterocycles. The maximum atomic E-state index is 13.2. The molecule has 0 atom stereocenters. The molecule has 0 saturated heterocycles. The van der Waals surface area contributed by atoms with Crippen LogP contribution in [0.3, 0.4) is 0 Å². The van der Waals surface area contributed by atoms with Crippen LogP contribution in [0.15, 0.2) is 51.9 Å². The average molecular weight is 432 g/mol. The fraction of sp³-hybridized carbons (Fsp3) is 0.238. The molecule has 3 aromatic rings. The monoisotopic (exact) mass is 432 g/mol. The number of anilines is 1. The Morgan fingerprint density at radius 2 is 1.97 bits per heavy atom. The molecule has 0 fully saturated rings. The molecule has 0 radical (unpaired) electrons. The standard InChI is InChI=1S/C21H21FN2O5S/c1-13-14(2)24-29-21(13)15-7-8-18(28-3)19(11-15)30(26,27)10-9-20(25)23-17-6-4-5-16(22)12-17/h4-8,11-12H,9-10H2,1-3H3,(H,23,25). The number of aromatic nitrogens is 1. The molecule has 3 rings (SSSR count). The lowest BCUT2D eigenvalue weighted by atomic mass is 10.1. The summed E-state index contributed by atoms with van der Waals surface area (Å²) in [4.78, 5) is 12.1. The van der Waals surface area contributed by atoms with Crippen molar-refractivity contribution < 1.29 is 26.9 Å². The molecule has 0 saturated carbocycles. The van der Waals surface area contributed by atoms with Gasteiger partial charge in [-0.3, -0.25) is 4.79 Å². The van der Waals surface area contributed by atoms with Gasteiger partial charge in [0.25, 0.3) is 0 Å². The highest BCUT2D eigenvalue weighted by Crippen LogP contribution is 2.33. The fourth-order valence-corrected chi connectivity index (χ4v) is 4.31. The van der Waals surface area contributed by atoms with Gasteiger partial charge in [-0.15, -0.1) is 0 Å². The molecular formula is C21H21FN2O5S. The quantitative estimate of drug-likeness (QED) is 0.608. The van der Waals surface area contributed by atoms with Gasteiger partial charge in [-0.25, -0.2) is 12.8 Å². The van der Waals surface area contributed by atoms with Gasteiger partial charge in [-0.05, 0) is 50.2 Å². The van der Waals surface area contributed by atoms with Crippen LogP contribution in [0.1, 0.15) is 17.7 Å². The van der Waals surface area contributed by atoms with Gasteiger partial charge in [-0.1, -0.05) is 11.2 Å². The van der Waals surface area contributed by atoms with Crippen LogP contribution in [-0.4, -0.2) is 32.3 Å². The van der Waals surface area contributed by atoms with E-state index in [9.17, 15) is 17.6 Å². The SMILES string of the molecule is COc1ccc(-c2onc(C)c2C)cc1S(=O)(=O)CCC(=O)Nc1cccc(F)c1. The van der Waals surface area contributed by atoms with Crippen LogP contribution in [0.4, 0.5) is 10.1 Å². The highest BCUT2D eigenvalue weighted by atomic mass is 32.2. The van der Waals surface area contributed by atoms with Gasteiger partial charge in [0.1, 0.15) is 16.5 Å². The first-order valence-electron chi connectivity index (χ1n) is 9.10. The topological polar surface area (TPSA) is 98.5 Å². The molecule has 0 spiro atoms. The molecule has 1 amide bonds. The highest BCUT2D eigenvalue weighted by Gasteiger charge is 2.23. The summed E-state index contributed by atoms with van der Waals surface area (Å²) in [6, 6.07) is 10.0. The van der Waals surface area contributed by atoms with E-state index in [4.69, 9.17) is 9.26 Å². The van der Waals surface area contributed by atoms with E-state index in [1.165, 1.54) is 37.4 Å². The van der Waals surface area contributed by atoms with Gasteiger partial charge in [0.05, 0.1) is 18.6 Å². The number of hydrogen-bond donors (Lipinski definition) is 1. The number of methoxy groups -OCH3 is 1. The Hall–Kier alpha value is -3.20. The molecule has 9 heteroatoms. The zero-order chi connectivity index (χ0) is 21.9. The lowest BCUT2D eigenvalue weighted by molar-refractivity contribution is -0.115. The number of sulfone groups is 1. The predicted octanol–water partition coefficient (Wildman–Crippen LogP) is 3.91. The third-order valence-corrected chi connectivity index (χ3v) is 6.36. The van der Waals surface area contributed by atoms with Crippen molar-refractivity contribution in [2.24, 2.45) is 0 Å². The van der Waals surface area contributed by atoms with Gasteiger partial charge in [0.15, 0.2) is 15.6 Å². The van der Waals surface area contributed by atoms with Crippen molar-refractivity contribution in [3.8, 4) is 17.1 Å². The number of carbonyl (C=O) groups is 1. The highest BCUT2D eigenvalue weighted by molar-refractivity contribution is 7.91. The van der Waals surface area contributed by atoms with Crippen molar-refractivity contribution in [1.82, 2.24) is 5.16 Å². The van der Waals surface area contributed by atoms with Gasteiger partial charge < -0.3 is 14.6 Å². The van der Waals surface area contributed by atoms with Crippen LogP contribution in [0, 0.1) is 19.7 Å². The van der Waals surface area contributed by atoms with Gasteiger partial charge >= 0.3 is 0 Å². The third kappa shape index (κ3) is 4.68. The maximum Gasteiger partial charge on any atom is 0.225 e. The molecule has 1 heterocycles. The Balaban J connectivity index is 1.81. The summed E-state index contributed by atoms with van der Waals surface area (Å²) in [5.41, 5.74) is 2.31. The summed E-state index contributed by atoms with van der Waals surface area (Å²) >= 11 is 0. The van der Waals surface area contributed by atoms with Crippen LogP contribution in [0.5, 0.6) is 5.75 Å². The first kappa shape index (κ1) is 21.5. The van der Waals surface area contributed by atoms with E-state index in [1.54, 1.807) is 13.0 Å². The average Bonchev–Trinajstić information content (AvgIpc) is 3.04. The minimum Gasteiger partial charge on any atom is -0.495 e. The van der Waals surface area contributed by atoms with E-state index in [1.807, 2.05) is 6.92 Å². The minimum atomic E-state index is -3.86. The van der Waals surface area contributed by atoms with Gasteiger partial charge in [0, 0.05) is 23.2 Å². The molecule has 0 unspecified atom stereocenters. The Bertz CT molecular complexity index is 1190. The van der Waals surface area contributed by atoms with E-state index < -0.39 is 27.3 Å². The fourth-order valence-electron chi connectivity index (χ4n) is 2.87. The molecular weight excluding hydrogens is 411 g/mol. The van der Waals surface area contributed by atoms with E-state index >= 15 is 0 Å². The van der Waals surface area contributed by atoms with Crippen LogP contribution < -0.4 is 10.1 Å². The van der Waals surface area contributed by atoms with Crippen LogP contribution >= 0.6 is 0 Å². The molecule has 30 heavy (non-hydrogen) atoms. The number of amides is 1. The number of ether oxygens (including phenoxy) is 1. The Labute approximate surface area is 173 Å². The van der Waals surface area contributed by atoms with Crippen LogP contribution in [0.2, 0.25) is 0 Å². The van der Waals surface area contributed by atoms with Crippen molar-refractivity contribution in [1.29, 1.82) is 0 Å². The number of carbonyl (C=O) groups excluding carboxylic acids is 1. The molecule has 0 aliphatic carbocycles. The van der Waals surface area contributed by atoms with E-state index in [-0.39, 0.29) is 22.8 Å². The lowest BCUT2D eigenvalue weighted by Crippen LogP contribution is -2.18. The summed E-state index contributed by atoms with van der Waals surface area (Å²) in [5.74, 6) is -0.850. The number of rotatable bonds is 7. The summed E-state index contributed by atoms with van der Waals surface area (Å²) in [7, 11) is -2.49. The molecule has 0 aliphatic rings. The van der Waals surface area contributed by atoms with Crippen molar-refractivity contribution in [2.45, 2.75) is 25.2 Å². The zero-order valence-electron chi connectivity index (χ0n) is 16.7. The van der Waals surface area contributed by atoms with Crippen molar-refractivity contribution >= 4 is 21.4 Å². The molecule has 0 bridgehead atoms. The van der Waals surface area contributed by atoms with E-state index in [0.29, 0.717) is 17.0 Å². The predicted molar refractivity (Wildman–Crippen MR) is 110 cm³/mol. The van der Waals surface area contributed by atoms with Crippen LogP contribution in [-0.2, 0) is 14.6 Å². The van der Waals surface area contributed by atoms with Crippen molar-refractivity contribution in [3.63, 3.8) is 0 Å². The lowest BCUT2D eigenvalue weighted by Gasteiger charge is -2.11. The second-order valence-corrected chi connectivity index (χ2v) is 8.79. The van der Waals surface area contributed by atoms with Gasteiger partial charge in [-0.2, -0.15) is 0 Å². The molecule has 2 aromatic carbocycles. The van der Waals surface area contributed by atoms with Crippen molar-refractivity contribution in [2.75, 3.05) is 18.2 Å². The summed E-state index contributed by atoms with van der Waals surface area (Å²) < 4.78 is 49.6. The van der Waals surface area contributed by atoms with Crippen molar-refractivity contribution in [3.05, 3.63) is 59.5 Å². The Morgan fingerprint density at radius 1 is 1.20 bits per heavy atom.